The van der Waals surface area contributed by atoms with Crippen molar-refractivity contribution >= 4 is 15.6 Å². The number of carbonyl (C=O) groups is 1. The fourth-order valence-corrected chi connectivity index (χ4v) is 4.33. The largest absolute Gasteiger partial charge is 0.493 e. The van der Waals surface area contributed by atoms with E-state index in [1.807, 2.05) is 0 Å². The third kappa shape index (κ3) is 2.29. The second-order valence-electron chi connectivity index (χ2n) is 5.85. The number of aromatic nitrogens is 1. The first kappa shape index (κ1) is 15.2. The van der Waals surface area contributed by atoms with E-state index < -0.39 is 15.6 Å². The number of methoxy groups -OCH3 is 1. The van der Waals surface area contributed by atoms with E-state index in [1.165, 1.54) is 25.4 Å². The smallest absolute Gasteiger partial charge is 0.199 e. The lowest BCUT2D eigenvalue weighted by atomic mass is 10.0. The molecule has 8 heteroatoms. The van der Waals surface area contributed by atoms with Crippen LogP contribution < -0.4 is 9.47 Å². The van der Waals surface area contributed by atoms with Gasteiger partial charge >= 0.3 is 0 Å². The predicted octanol–water partition coefficient (Wildman–Crippen LogP) is 1.96. The number of hydrogen-bond donors (Lipinski definition) is 0. The summed E-state index contributed by atoms with van der Waals surface area (Å²) in [7, 11) is -2.21. The summed E-state index contributed by atoms with van der Waals surface area (Å²) in [6.45, 7) is 0.0317. The van der Waals surface area contributed by atoms with Gasteiger partial charge in [0, 0.05) is 11.5 Å². The molecule has 0 bridgehead atoms. The highest BCUT2D eigenvalue weighted by Gasteiger charge is 2.37. The lowest BCUT2D eigenvalue weighted by Crippen LogP contribution is -2.24. The van der Waals surface area contributed by atoms with Crippen molar-refractivity contribution in [2.24, 2.45) is 0 Å². The fraction of sp³-hybridized carbons (Fsp3) is 0.375. The van der Waals surface area contributed by atoms with Gasteiger partial charge < -0.3 is 14.0 Å². The number of hydrogen-bond acceptors (Lipinski definition) is 7. The van der Waals surface area contributed by atoms with Crippen LogP contribution in [0.4, 0.5) is 0 Å². The first-order valence-electron chi connectivity index (χ1n) is 7.58. The fourth-order valence-electron chi connectivity index (χ4n) is 2.89. The van der Waals surface area contributed by atoms with Gasteiger partial charge in [-0.3, -0.25) is 4.79 Å². The average Bonchev–Trinajstić information content (AvgIpc) is 3.30. The maximum Gasteiger partial charge on any atom is 0.199 e. The summed E-state index contributed by atoms with van der Waals surface area (Å²) in [5.74, 6) is 0.502. The number of benzene rings is 1. The molecule has 0 atom stereocenters. The minimum atomic E-state index is -3.64. The minimum absolute atomic E-state index is 0.0317. The highest BCUT2D eigenvalue weighted by molar-refractivity contribution is 7.91. The number of carbonyl (C=O) groups excluding carboxylic acids is 1. The number of ketones is 1. The standard InChI is InChI=1S/C16H15NO6S/c1-21-12-5-4-10(16-15(12)22-6-7-24(16,19)20)13(18)11-8-17-23-14(11)9-2-3-9/h4-5,8-9H,2-3,6-7H2,1H3. The second-order valence-corrected chi connectivity index (χ2v) is 7.89. The molecular formula is C16H15NO6S. The summed E-state index contributed by atoms with van der Waals surface area (Å²) in [6, 6.07) is 2.99. The minimum Gasteiger partial charge on any atom is -0.493 e. The Morgan fingerprint density at radius 2 is 2.08 bits per heavy atom. The van der Waals surface area contributed by atoms with Crippen LogP contribution in [-0.2, 0) is 9.84 Å². The number of nitrogens with zero attached hydrogens (tertiary/aromatic N) is 1. The van der Waals surface area contributed by atoms with Crippen LogP contribution in [-0.4, -0.2) is 38.8 Å². The molecule has 2 aromatic rings. The molecule has 24 heavy (non-hydrogen) atoms. The van der Waals surface area contributed by atoms with Crippen LogP contribution in [0.1, 0.15) is 40.4 Å². The Hall–Kier alpha value is -2.35. The Bertz CT molecular complexity index is 926. The van der Waals surface area contributed by atoms with Crippen molar-refractivity contribution in [3.63, 3.8) is 0 Å². The molecule has 0 N–H and O–H groups in total. The Morgan fingerprint density at radius 3 is 2.79 bits per heavy atom. The van der Waals surface area contributed by atoms with E-state index in [4.69, 9.17) is 14.0 Å². The SMILES string of the molecule is COc1ccc(C(=O)c2cnoc2C2CC2)c2c1OCCS2(=O)=O. The molecule has 0 spiro atoms. The molecular weight excluding hydrogens is 334 g/mol. The number of fused-ring (bicyclic) bond motifs is 1. The summed E-state index contributed by atoms with van der Waals surface area (Å²) < 4.78 is 40.9. The van der Waals surface area contributed by atoms with Crippen LogP contribution in [0.3, 0.4) is 0 Å². The molecule has 1 saturated carbocycles. The van der Waals surface area contributed by atoms with E-state index in [9.17, 15) is 13.2 Å². The van der Waals surface area contributed by atoms with Gasteiger partial charge in [-0.1, -0.05) is 5.16 Å². The van der Waals surface area contributed by atoms with Gasteiger partial charge in [-0.2, -0.15) is 0 Å². The van der Waals surface area contributed by atoms with Crippen molar-refractivity contribution in [1.29, 1.82) is 0 Å². The maximum absolute atomic E-state index is 13.0. The van der Waals surface area contributed by atoms with Crippen molar-refractivity contribution in [2.45, 2.75) is 23.7 Å². The monoisotopic (exact) mass is 349 g/mol. The zero-order chi connectivity index (χ0) is 16.9. The molecule has 0 unspecified atom stereocenters. The van der Waals surface area contributed by atoms with Gasteiger partial charge in [0.2, 0.25) is 0 Å². The van der Waals surface area contributed by atoms with Crippen LogP contribution in [0.2, 0.25) is 0 Å². The summed E-state index contributed by atoms with van der Waals surface area (Å²) in [4.78, 5) is 12.8. The molecule has 126 valence electrons. The molecule has 0 radical (unpaired) electrons. The maximum atomic E-state index is 13.0. The molecule has 1 aromatic carbocycles. The van der Waals surface area contributed by atoms with Crippen molar-refractivity contribution < 1.29 is 27.2 Å². The van der Waals surface area contributed by atoms with Crippen LogP contribution in [0.25, 0.3) is 0 Å². The summed E-state index contributed by atoms with van der Waals surface area (Å²) >= 11 is 0. The van der Waals surface area contributed by atoms with Crippen molar-refractivity contribution in [2.75, 3.05) is 19.5 Å². The Kier molecular flexibility index (Phi) is 3.38. The normalized spacial score (nSPS) is 18.5. The van der Waals surface area contributed by atoms with Gasteiger partial charge in [-0.25, -0.2) is 8.42 Å². The van der Waals surface area contributed by atoms with E-state index >= 15 is 0 Å². The van der Waals surface area contributed by atoms with Gasteiger partial charge in [-0.05, 0) is 25.0 Å². The number of sulfone groups is 1. The lowest BCUT2D eigenvalue weighted by Gasteiger charge is -2.22. The third-order valence-electron chi connectivity index (χ3n) is 4.24. The lowest BCUT2D eigenvalue weighted by molar-refractivity contribution is 0.103. The van der Waals surface area contributed by atoms with Gasteiger partial charge in [-0.15, -0.1) is 0 Å². The van der Waals surface area contributed by atoms with Gasteiger partial charge in [0.1, 0.15) is 11.5 Å². The van der Waals surface area contributed by atoms with Gasteiger partial charge in [0.15, 0.2) is 32.9 Å². The van der Waals surface area contributed by atoms with E-state index in [0.29, 0.717) is 11.3 Å². The van der Waals surface area contributed by atoms with Gasteiger partial charge in [0.05, 0.1) is 24.6 Å². The molecule has 1 fully saturated rings. The topological polar surface area (TPSA) is 95.7 Å². The summed E-state index contributed by atoms with van der Waals surface area (Å²) in [5.41, 5.74) is 0.376. The van der Waals surface area contributed by atoms with E-state index in [2.05, 4.69) is 5.16 Å². The van der Waals surface area contributed by atoms with Crippen LogP contribution >= 0.6 is 0 Å². The van der Waals surface area contributed by atoms with Crippen molar-refractivity contribution in [1.82, 2.24) is 5.16 Å². The third-order valence-corrected chi connectivity index (χ3v) is 5.97. The Morgan fingerprint density at radius 1 is 1.29 bits per heavy atom. The number of ether oxygens (including phenoxy) is 2. The van der Waals surface area contributed by atoms with Crippen molar-refractivity contribution in [3.05, 3.63) is 35.2 Å². The van der Waals surface area contributed by atoms with E-state index in [-0.39, 0.29) is 40.2 Å². The average molecular weight is 349 g/mol. The van der Waals surface area contributed by atoms with Crippen LogP contribution in [0.5, 0.6) is 11.5 Å². The van der Waals surface area contributed by atoms with E-state index in [1.54, 1.807) is 0 Å². The zero-order valence-electron chi connectivity index (χ0n) is 12.9. The molecule has 1 aliphatic carbocycles. The molecule has 7 nitrogen and oxygen atoms in total. The number of rotatable bonds is 4. The predicted molar refractivity (Wildman–Crippen MR) is 82.5 cm³/mol. The molecule has 0 saturated heterocycles. The van der Waals surface area contributed by atoms with Crippen LogP contribution in [0, 0.1) is 0 Å². The summed E-state index contributed by atoms with van der Waals surface area (Å²) in [6.07, 6.45) is 3.23. The van der Waals surface area contributed by atoms with Crippen molar-refractivity contribution in [3.8, 4) is 11.5 Å². The highest BCUT2D eigenvalue weighted by Crippen LogP contribution is 2.44. The Labute approximate surface area is 138 Å². The molecule has 4 rings (SSSR count). The van der Waals surface area contributed by atoms with Crippen LogP contribution in [0.15, 0.2) is 27.7 Å². The molecule has 1 aromatic heterocycles. The first-order chi connectivity index (χ1) is 11.5. The first-order valence-corrected chi connectivity index (χ1v) is 9.24. The molecule has 0 amide bonds. The molecule has 2 heterocycles. The quantitative estimate of drug-likeness (QED) is 0.779. The zero-order valence-corrected chi connectivity index (χ0v) is 13.8. The highest BCUT2D eigenvalue weighted by atomic mass is 32.2. The Balaban J connectivity index is 1.89. The second kappa shape index (κ2) is 5.34. The summed E-state index contributed by atoms with van der Waals surface area (Å²) in [5, 5.41) is 3.71. The molecule has 1 aliphatic heterocycles. The van der Waals surface area contributed by atoms with Gasteiger partial charge in [0.25, 0.3) is 0 Å². The molecule has 2 aliphatic rings. The van der Waals surface area contributed by atoms with E-state index in [0.717, 1.165) is 12.8 Å².